The number of aromatic nitrogens is 3. The van der Waals surface area contributed by atoms with Crippen molar-refractivity contribution in [3.8, 4) is 0 Å². The van der Waals surface area contributed by atoms with E-state index in [-0.39, 0.29) is 5.91 Å². The first-order valence-electron chi connectivity index (χ1n) is 9.03. The van der Waals surface area contributed by atoms with Crippen molar-refractivity contribution in [3.63, 3.8) is 0 Å². The van der Waals surface area contributed by atoms with Gasteiger partial charge in [-0.15, -0.1) is 0 Å². The largest absolute Gasteiger partial charge is 0.386 e. The quantitative estimate of drug-likeness (QED) is 0.767. The van der Waals surface area contributed by atoms with E-state index in [9.17, 15) is 9.90 Å². The summed E-state index contributed by atoms with van der Waals surface area (Å²) in [5.74, 6) is 0.459. The molecule has 0 spiro atoms. The fourth-order valence-corrected chi connectivity index (χ4v) is 3.51. The van der Waals surface area contributed by atoms with Crippen molar-refractivity contribution < 1.29 is 14.4 Å². The van der Waals surface area contributed by atoms with Crippen molar-refractivity contribution in [2.24, 2.45) is 0 Å². The van der Waals surface area contributed by atoms with Crippen molar-refractivity contribution in [3.05, 3.63) is 70.4 Å². The number of hydrogen-bond donors (Lipinski definition) is 1. The summed E-state index contributed by atoms with van der Waals surface area (Å²) in [6, 6.07) is 11.7. The molecule has 7 heteroatoms. The third kappa shape index (κ3) is 3.38. The summed E-state index contributed by atoms with van der Waals surface area (Å²) >= 11 is 0. The normalized spacial score (nSPS) is 14.9. The predicted octanol–water partition coefficient (Wildman–Crippen LogP) is 2.42. The first-order valence-corrected chi connectivity index (χ1v) is 9.03. The van der Waals surface area contributed by atoms with Gasteiger partial charge in [-0.3, -0.25) is 9.48 Å². The Balaban J connectivity index is 1.50. The molecule has 27 heavy (non-hydrogen) atoms. The average Bonchev–Trinajstić information content (AvgIpc) is 3.24. The summed E-state index contributed by atoms with van der Waals surface area (Å²) in [4.78, 5) is 14.6. The van der Waals surface area contributed by atoms with Crippen LogP contribution in [-0.4, -0.2) is 37.4 Å². The molecular weight excluding hydrogens is 344 g/mol. The van der Waals surface area contributed by atoms with Gasteiger partial charge in [-0.1, -0.05) is 35.5 Å². The zero-order chi connectivity index (χ0) is 19.0. The van der Waals surface area contributed by atoms with Gasteiger partial charge >= 0.3 is 0 Å². The monoisotopic (exact) mass is 366 g/mol. The second-order valence-electron chi connectivity index (χ2n) is 6.92. The Labute approximate surface area is 157 Å². The van der Waals surface area contributed by atoms with Crippen molar-refractivity contribution in [1.29, 1.82) is 0 Å². The molecule has 0 aliphatic carbocycles. The molecule has 7 nitrogen and oxygen atoms in total. The molecule has 140 valence electrons. The number of aliphatic hydroxyl groups excluding tert-OH is 1. The summed E-state index contributed by atoms with van der Waals surface area (Å²) in [6.07, 6.45) is -0.156. The summed E-state index contributed by atoms with van der Waals surface area (Å²) in [5.41, 5.74) is 3.76. The van der Waals surface area contributed by atoms with Gasteiger partial charge in [0, 0.05) is 13.0 Å². The predicted molar refractivity (Wildman–Crippen MR) is 98.1 cm³/mol. The highest BCUT2D eigenvalue weighted by molar-refractivity contribution is 5.96. The van der Waals surface area contributed by atoms with Gasteiger partial charge in [0.05, 0.1) is 30.2 Å². The highest BCUT2D eigenvalue weighted by Crippen LogP contribution is 2.23. The van der Waals surface area contributed by atoms with Gasteiger partial charge in [0.25, 0.3) is 5.91 Å². The van der Waals surface area contributed by atoms with Crippen LogP contribution in [-0.2, 0) is 19.5 Å². The zero-order valence-corrected chi connectivity index (χ0v) is 15.4. The Bertz CT molecular complexity index is 942. The number of aliphatic hydroxyl groups is 1. The molecule has 0 bridgehead atoms. The Morgan fingerprint density at radius 1 is 1.26 bits per heavy atom. The smallest absolute Gasteiger partial charge is 0.259 e. The molecule has 1 aliphatic heterocycles. The van der Waals surface area contributed by atoms with Gasteiger partial charge in [0.2, 0.25) is 0 Å². The van der Waals surface area contributed by atoms with Gasteiger partial charge in [-0.2, -0.15) is 5.10 Å². The lowest BCUT2D eigenvalue weighted by Gasteiger charge is -2.27. The van der Waals surface area contributed by atoms with Gasteiger partial charge in [0.15, 0.2) is 0 Å². The van der Waals surface area contributed by atoms with E-state index in [4.69, 9.17) is 4.52 Å². The Hall–Kier alpha value is -2.93. The van der Waals surface area contributed by atoms with E-state index in [0.717, 1.165) is 11.3 Å². The van der Waals surface area contributed by atoms with Gasteiger partial charge < -0.3 is 14.5 Å². The summed E-state index contributed by atoms with van der Waals surface area (Å²) in [6.45, 7) is 5.14. The first-order chi connectivity index (χ1) is 13.0. The Kier molecular flexibility index (Phi) is 4.53. The standard InChI is InChI=1S/C20H22N4O3/c1-13-19(14(2)27-22-13)20(26)23-8-9-24-16(12-23)11-17(21-24)18(25)10-15-6-4-3-5-7-15/h3-7,11,18,25H,8-10,12H2,1-2H3. The van der Waals surface area contributed by atoms with Crippen LogP contribution in [0.3, 0.4) is 0 Å². The maximum atomic E-state index is 12.8. The van der Waals surface area contributed by atoms with E-state index in [1.165, 1.54) is 0 Å². The van der Waals surface area contributed by atoms with Crippen LogP contribution < -0.4 is 0 Å². The minimum atomic E-state index is -0.669. The van der Waals surface area contributed by atoms with Crippen molar-refractivity contribution in [2.75, 3.05) is 6.54 Å². The molecule has 3 heterocycles. The lowest BCUT2D eigenvalue weighted by Crippen LogP contribution is -2.38. The van der Waals surface area contributed by atoms with Gasteiger partial charge in [0.1, 0.15) is 17.4 Å². The van der Waals surface area contributed by atoms with Crippen LogP contribution in [0.4, 0.5) is 0 Å². The fourth-order valence-electron chi connectivity index (χ4n) is 3.51. The number of fused-ring (bicyclic) bond motifs is 1. The van der Waals surface area contributed by atoms with Crippen LogP contribution in [0.1, 0.15) is 44.9 Å². The molecule has 4 rings (SSSR count). The molecule has 0 radical (unpaired) electrons. The molecule has 0 saturated carbocycles. The lowest BCUT2D eigenvalue weighted by molar-refractivity contribution is 0.0703. The molecule has 0 saturated heterocycles. The van der Waals surface area contributed by atoms with Gasteiger partial charge in [-0.25, -0.2) is 0 Å². The minimum Gasteiger partial charge on any atom is -0.386 e. The number of rotatable bonds is 4. The SMILES string of the molecule is Cc1noc(C)c1C(=O)N1CCn2nc(C(O)Cc3ccccc3)cc2C1. The number of aryl methyl sites for hydroxylation is 2. The summed E-state index contributed by atoms with van der Waals surface area (Å²) < 4.78 is 7.00. The molecule has 1 atom stereocenters. The summed E-state index contributed by atoms with van der Waals surface area (Å²) in [7, 11) is 0. The molecule has 3 aromatic rings. The Morgan fingerprint density at radius 2 is 2.04 bits per heavy atom. The molecule has 1 aromatic carbocycles. The van der Waals surface area contributed by atoms with E-state index in [1.54, 1.807) is 18.7 Å². The highest BCUT2D eigenvalue weighted by Gasteiger charge is 2.28. The zero-order valence-electron chi connectivity index (χ0n) is 15.4. The maximum absolute atomic E-state index is 12.8. The van der Waals surface area contributed by atoms with E-state index in [1.807, 2.05) is 41.1 Å². The number of carbonyl (C=O) groups excluding carboxylic acids is 1. The number of hydrogen-bond acceptors (Lipinski definition) is 5. The number of carbonyl (C=O) groups is 1. The molecule has 1 N–H and O–H groups in total. The summed E-state index contributed by atoms with van der Waals surface area (Å²) in [5, 5.41) is 19.0. The third-order valence-electron chi connectivity index (χ3n) is 4.96. The van der Waals surface area contributed by atoms with E-state index >= 15 is 0 Å². The number of benzene rings is 1. The fraction of sp³-hybridized carbons (Fsp3) is 0.350. The van der Waals surface area contributed by atoms with Crippen LogP contribution >= 0.6 is 0 Å². The average molecular weight is 366 g/mol. The Morgan fingerprint density at radius 3 is 2.74 bits per heavy atom. The second kappa shape index (κ2) is 7.00. The van der Waals surface area contributed by atoms with Crippen LogP contribution in [0.15, 0.2) is 40.9 Å². The number of nitrogens with zero attached hydrogens (tertiary/aromatic N) is 4. The first kappa shape index (κ1) is 17.5. The molecule has 1 aliphatic rings. The van der Waals surface area contributed by atoms with E-state index < -0.39 is 6.10 Å². The topological polar surface area (TPSA) is 84.4 Å². The molecule has 1 amide bonds. The molecule has 0 fully saturated rings. The van der Waals surface area contributed by atoms with Crippen LogP contribution in [0.5, 0.6) is 0 Å². The van der Waals surface area contributed by atoms with E-state index in [2.05, 4.69) is 10.3 Å². The maximum Gasteiger partial charge on any atom is 0.259 e. The number of amides is 1. The van der Waals surface area contributed by atoms with Crippen LogP contribution in [0.25, 0.3) is 0 Å². The van der Waals surface area contributed by atoms with E-state index in [0.29, 0.717) is 48.8 Å². The van der Waals surface area contributed by atoms with Crippen molar-refractivity contribution >= 4 is 5.91 Å². The lowest BCUT2D eigenvalue weighted by atomic mass is 10.1. The molecule has 2 aromatic heterocycles. The molecule has 1 unspecified atom stereocenters. The molecular formula is C20H22N4O3. The third-order valence-corrected chi connectivity index (χ3v) is 4.96. The van der Waals surface area contributed by atoms with Gasteiger partial charge in [-0.05, 0) is 25.5 Å². The second-order valence-corrected chi connectivity index (χ2v) is 6.92. The minimum absolute atomic E-state index is 0.0786. The van der Waals surface area contributed by atoms with Crippen LogP contribution in [0.2, 0.25) is 0 Å². The van der Waals surface area contributed by atoms with Crippen molar-refractivity contribution in [1.82, 2.24) is 19.8 Å². The van der Waals surface area contributed by atoms with Crippen LogP contribution in [0, 0.1) is 13.8 Å². The highest BCUT2D eigenvalue weighted by atomic mass is 16.5. The van der Waals surface area contributed by atoms with Crippen molar-refractivity contribution in [2.45, 2.75) is 39.5 Å².